The Balaban J connectivity index is 2.21. The van der Waals surface area contributed by atoms with Crippen LogP contribution < -0.4 is 10.6 Å². The van der Waals surface area contributed by atoms with E-state index in [1.54, 1.807) is 6.07 Å². The second-order valence-corrected chi connectivity index (χ2v) is 5.80. The van der Waals surface area contributed by atoms with Gasteiger partial charge in [-0.15, -0.1) is 0 Å². The van der Waals surface area contributed by atoms with Crippen molar-refractivity contribution in [3.63, 3.8) is 0 Å². The van der Waals surface area contributed by atoms with Gasteiger partial charge in [-0.3, -0.25) is 0 Å². The Kier molecular flexibility index (Phi) is 4.53. The molecule has 1 aromatic carbocycles. The topological polar surface area (TPSA) is 55.6 Å². The monoisotopic (exact) mass is 276 g/mol. The smallest absolute Gasteiger partial charge is 0.340 e. The van der Waals surface area contributed by atoms with Crippen molar-refractivity contribution in [1.29, 1.82) is 0 Å². The zero-order valence-electron chi connectivity index (χ0n) is 12.6. The number of carbonyl (C=O) groups is 1. The Morgan fingerprint density at radius 1 is 1.40 bits per heavy atom. The van der Waals surface area contributed by atoms with Crippen molar-refractivity contribution < 1.29 is 9.53 Å². The Hall–Kier alpha value is -1.71. The number of nitrogens with zero attached hydrogens (tertiary/aromatic N) is 1. The van der Waals surface area contributed by atoms with Gasteiger partial charge in [0.25, 0.3) is 0 Å². The van der Waals surface area contributed by atoms with Gasteiger partial charge in [-0.25, -0.2) is 4.79 Å². The highest BCUT2D eigenvalue weighted by Gasteiger charge is 2.23. The van der Waals surface area contributed by atoms with Gasteiger partial charge in [0.05, 0.1) is 12.7 Å². The van der Waals surface area contributed by atoms with Gasteiger partial charge >= 0.3 is 5.97 Å². The number of carbonyl (C=O) groups excluding carboxylic acids is 1. The summed E-state index contributed by atoms with van der Waals surface area (Å²) in [6.07, 6.45) is 5.00. The highest BCUT2D eigenvalue weighted by molar-refractivity contribution is 5.96. The third kappa shape index (κ3) is 3.06. The number of nitrogens with two attached hydrogens (primary N) is 1. The van der Waals surface area contributed by atoms with Crippen LogP contribution in [0.1, 0.15) is 43.0 Å². The summed E-state index contributed by atoms with van der Waals surface area (Å²) in [5.41, 5.74) is 7.78. The Bertz CT molecular complexity index is 487. The molecule has 1 aromatic rings. The van der Waals surface area contributed by atoms with Gasteiger partial charge < -0.3 is 15.4 Å². The molecule has 0 aliphatic heterocycles. The molecule has 1 aliphatic carbocycles. The van der Waals surface area contributed by atoms with Crippen LogP contribution in [0.25, 0.3) is 0 Å². The maximum Gasteiger partial charge on any atom is 0.340 e. The van der Waals surface area contributed by atoms with E-state index in [-0.39, 0.29) is 5.97 Å². The van der Waals surface area contributed by atoms with E-state index in [2.05, 4.69) is 18.9 Å². The minimum atomic E-state index is -0.380. The van der Waals surface area contributed by atoms with E-state index in [9.17, 15) is 4.79 Å². The van der Waals surface area contributed by atoms with E-state index in [0.29, 0.717) is 17.3 Å². The minimum Gasteiger partial charge on any atom is -0.465 e. The summed E-state index contributed by atoms with van der Waals surface area (Å²) in [5, 5.41) is 0. The number of rotatable bonds is 3. The molecule has 2 atom stereocenters. The first-order valence-corrected chi connectivity index (χ1v) is 7.23. The maximum absolute atomic E-state index is 11.7. The fraction of sp³-hybridized carbons (Fsp3) is 0.562. The predicted octanol–water partition coefficient (Wildman–Crippen LogP) is 3.07. The Labute approximate surface area is 120 Å². The predicted molar refractivity (Wildman–Crippen MR) is 82.0 cm³/mol. The summed E-state index contributed by atoms with van der Waals surface area (Å²) in [6.45, 7) is 2.31. The molecule has 4 nitrogen and oxygen atoms in total. The number of hydrogen-bond acceptors (Lipinski definition) is 4. The molecule has 1 fully saturated rings. The molecule has 2 N–H and O–H groups in total. The minimum absolute atomic E-state index is 0.380. The van der Waals surface area contributed by atoms with Crippen LogP contribution in [0.5, 0.6) is 0 Å². The van der Waals surface area contributed by atoms with Crippen molar-refractivity contribution in [2.75, 3.05) is 24.8 Å². The van der Waals surface area contributed by atoms with Gasteiger partial charge in [0.15, 0.2) is 0 Å². The van der Waals surface area contributed by atoms with Crippen LogP contribution in [0.2, 0.25) is 0 Å². The summed E-state index contributed by atoms with van der Waals surface area (Å²) in [5.74, 6) is 0.389. The number of ether oxygens (including phenoxy) is 1. The van der Waals surface area contributed by atoms with Crippen LogP contribution in [0.15, 0.2) is 18.2 Å². The number of anilines is 2. The van der Waals surface area contributed by atoms with Crippen molar-refractivity contribution >= 4 is 17.3 Å². The van der Waals surface area contributed by atoms with Crippen molar-refractivity contribution in [2.24, 2.45) is 5.92 Å². The largest absolute Gasteiger partial charge is 0.465 e. The fourth-order valence-corrected chi connectivity index (χ4v) is 3.02. The molecule has 0 saturated heterocycles. The highest BCUT2D eigenvalue weighted by Crippen LogP contribution is 2.30. The van der Waals surface area contributed by atoms with Crippen LogP contribution in [0, 0.1) is 5.92 Å². The zero-order chi connectivity index (χ0) is 14.7. The third-order valence-corrected chi connectivity index (χ3v) is 4.31. The van der Waals surface area contributed by atoms with E-state index >= 15 is 0 Å². The molecule has 0 radical (unpaired) electrons. The second kappa shape index (κ2) is 6.16. The van der Waals surface area contributed by atoms with E-state index < -0.39 is 0 Å². The van der Waals surface area contributed by atoms with Crippen LogP contribution in [0.4, 0.5) is 11.4 Å². The lowest BCUT2D eigenvalue weighted by molar-refractivity contribution is 0.0602. The average Bonchev–Trinajstić information content (AvgIpc) is 2.46. The van der Waals surface area contributed by atoms with Crippen molar-refractivity contribution in [3.05, 3.63) is 23.8 Å². The highest BCUT2D eigenvalue weighted by atomic mass is 16.5. The molecule has 2 unspecified atom stereocenters. The normalized spacial score (nSPS) is 22.4. The number of esters is 1. The van der Waals surface area contributed by atoms with Crippen LogP contribution in [-0.4, -0.2) is 26.2 Å². The number of hydrogen-bond donors (Lipinski definition) is 1. The number of methoxy groups -OCH3 is 1. The molecule has 20 heavy (non-hydrogen) atoms. The first-order valence-electron chi connectivity index (χ1n) is 7.23. The summed E-state index contributed by atoms with van der Waals surface area (Å²) >= 11 is 0. The Morgan fingerprint density at radius 3 is 2.80 bits per heavy atom. The third-order valence-electron chi connectivity index (χ3n) is 4.31. The van der Waals surface area contributed by atoms with Crippen LogP contribution in [0.3, 0.4) is 0 Å². The molecule has 1 aliphatic rings. The lowest BCUT2D eigenvalue weighted by Crippen LogP contribution is -2.35. The van der Waals surface area contributed by atoms with Gasteiger partial charge in [-0.2, -0.15) is 0 Å². The maximum atomic E-state index is 11.7. The SMILES string of the molecule is COC(=O)c1cc(N(C)C2CCCC(C)C2)ccc1N. The summed E-state index contributed by atoms with van der Waals surface area (Å²) in [4.78, 5) is 14.0. The molecule has 0 heterocycles. The lowest BCUT2D eigenvalue weighted by atomic mass is 9.86. The molecule has 0 bridgehead atoms. The summed E-state index contributed by atoms with van der Waals surface area (Å²) in [6, 6.07) is 6.12. The van der Waals surface area contributed by atoms with Crippen molar-refractivity contribution in [1.82, 2.24) is 0 Å². The van der Waals surface area contributed by atoms with Crippen molar-refractivity contribution in [3.8, 4) is 0 Å². The summed E-state index contributed by atoms with van der Waals surface area (Å²) in [7, 11) is 3.47. The molecule has 4 heteroatoms. The van der Waals surface area contributed by atoms with Gasteiger partial charge in [0, 0.05) is 24.5 Å². The first kappa shape index (κ1) is 14.7. The van der Waals surface area contributed by atoms with Crippen LogP contribution >= 0.6 is 0 Å². The van der Waals surface area contributed by atoms with E-state index in [0.717, 1.165) is 11.6 Å². The average molecular weight is 276 g/mol. The van der Waals surface area contributed by atoms with Gasteiger partial charge in [-0.05, 0) is 37.0 Å². The molecule has 2 rings (SSSR count). The van der Waals surface area contributed by atoms with E-state index in [4.69, 9.17) is 10.5 Å². The fourth-order valence-electron chi connectivity index (χ4n) is 3.02. The summed E-state index contributed by atoms with van der Waals surface area (Å²) < 4.78 is 4.78. The molecular formula is C16H24N2O2. The van der Waals surface area contributed by atoms with E-state index in [1.165, 1.54) is 32.8 Å². The van der Waals surface area contributed by atoms with Gasteiger partial charge in [-0.1, -0.05) is 19.8 Å². The lowest BCUT2D eigenvalue weighted by Gasteiger charge is -2.35. The molecule has 0 amide bonds. The molecule has 0 spiro atoms. The van der Waals surface area contributed by atoms with Gasteiger partial charge in [0.1, 0.15) is 0 Å². The quantitative estimate of drug-likeness (QED) is 0.681. The number of benzene rings is 1. The van der Waals surface area contributed by atoms with Gasteiger partial charge in [0.2, 0.25) is 0 Å². The molecule has 0 aromatic heterocycles. The zero-order valence-corrected chi connectivity index (χ0v) is 12.6. The van der Waals surface area contributed by atoms with Crippen LogP contribution in [-0.2, 0) is 4.74 Å². The number of nitrogen functional groups attached to an aromatic ring is 1. The molecule has 1 saturated carbocycles. The van der Waals surface area contributed by atoms with E-state index in [1.807, 2.05) is 12.1 Å². The van der Waals surface area contributed by atoms with Crippen molar-refractivity contribution in [2.45, 2.75) is 38.6 Å². The first-order chi connectivity index (χ1) is 9.52. The molecule has 110 valence electrons. The Morgan fingerprint density at radius 2 is 2.15 bits per heavy atom. The standard InChI is InChI=1S/C16H24N2O2/c1-11-5-4-6-12(9-11)18(2)13-7-8-15(17)14(10-13)16(19)20-3/h7-8,10-12H,4-6,9,17H2,1-3H3. The molecular weight excluding hydrogens is 252 g/mol. The second-order valence-electron chi connectivity index (χ2n) is 5.80.